The molecule has 1 aromatic carbocycles. The quantitative estimate of drug-likeness (QED) is 0.486. The number of rotatable bonds is 4. The minimum absolute atomic E-state index is 0.603. The molecule has 0 aliphatic carbocycles. The van der Waals surface area contributed by atoms with Gasteiger partial charge in [-0.1, -0.05) is 12.1 Å². The van der Waals surface area contributed by atoms with Gasteiger partial charge in [0.2, 0.25) is 0 Å². The van der Waals surface area contributed by atoms with Gasteiger partial charge in [-0.05, 0) is 24.3 Å². The van der Waals surface area contributed by atoms with Gasteiger partial charge in [-0.2, -0.15) is 13.2 Å². The van der Waals surface area contributed by atoms with Crippen LogP contribution < -0.4 is 10.1 Å². The molecule has 0 unspecified atom stereocenters. The average Bonchev–Trinajstić information content (AvgIpc) is 3.15. The van der Waals surface area contributed by atoms with Gasteiger partial charge in [-0.15, -0.1) is 0 Å². The molecular formula is C20H17F3N6O3. The standard InChI is InChI=1S/C18H16N6O.C2HF3O2/c1-24-11-20-15-17(21-13-6-8-19-9-7-13)22-16(23-18(15)24)12-4-3-5-14(10-12)25-2;3-2(4,5)1(6)7/h3-11H,1-2H3,(H,19,21,22,23);(H,6,7). The summed E-state index contributed by atoms with van der Waals surface area (Å²) in [7, 11) is 3.55. The molecule has 32 heavy (non-hydrogen) atoms. The van der Waals surface area contributed by atoms with E-state index in [9.17, 15) is 13.2 Å². The highest BCUT2D eigenvalue weighted by Crippen LogP contribution is 2.27. The number of nitrogens with one attached hydrogen (secondary N) is 1. The van der Waals surface area contributed by atoms with Crippen molar-refractivity contribution in [2.45, 2.75) is 6.18 Å². The van der Waals surface area contributed by atoms with Gasteiger partial charge in [0.1, 0.15) is 5.75 Å². The van der Waals surface area contributed by atoms with Crippen molar-refractivity contribution in [1.82, 2.24) is 24.5 Å². The van der Waals surface area contributed by atoms with Crippen molar-refractivity contribution in [3.63, 3.8) is 0 Å². The van der Waals surface area contributed by atoms with Crippen LogP contribution in [-0.4, -0.2) is 48.9 Å². The Kier molecular flexibility index (Phi) is 6.52. The van der Waals surface area contributed by atoms with Crippen molar-refractivity contribution < 1.29 is 27.8 Å². The van der Waals surface area contributed by atoms with E-state index in [1.165, 1.54) is 0 Å². The predicted octanol–water partition coefficient (Wildman–Crippen LogP) is 3.81. The van der Waals surface area contributed by atoms with Crippen LogP contribution in [0.4, 0.5) is 24.7 Å². The van der Waals surface area contributed by atoms with Crippen molar-refractivity contribution in [3.8, 4) is 17.1 Å². The predicted molar refractivity (Wildman–Crippen MR) is 110 cm³/mol. The van der Waals surface area contributed by atoms with Gasteiger partial charge in [0.05, 0.1) is 13.4 Å². The van der Waals surface area contributed by atoms with Crippen LogP contribution >= 0.6 is 0 Å². The van der Waals surface area contributed by atoms with E-state index in [0.717, 1.165) is 22.6 Å². The molecule has 0 atom stereocenters. The van der Waals surface area contributed by atoms with Crippen LogP contribution in [0, 0.1) is 0 Å². The number of aliphatic carboxylic acids is 1. The highest BCUT2D eigenvalue weighted by Gasteiger charge is 2.38. The number of hydrogen-bond donors (Lipinski definition) is 2. The molecule has 0 spiro atoms. The summed E-state index contributed by atoms with van der Waals surface area (Å²) in [6, 6.07) is 11.4. The average molecular weight is 446 g/mol. The Morgan fingerprint density at radius 3 is 2.47 bits per heavy atom. The van der Waals surface area contributed by atoms with E-state index in [4.69, 9.17) is 14.6 Å². The first-order valence-electron chi connectivity index (χ1n) is 8.99. The second-order valence-corrected chi connectivity index (χ2v) is 6.32. The molecule has 9 nitrogen and oxygen atoms in total. The fraction of sp³-hybridized carbons (Fsp3) is 0.150. The number of carboxylic acid groups (broad SMARTS) is 1. The molecule has 0 saturated heterocycles. The fourth-order valence-electron chi connectivity index (χ4n) is 2.56. The third-order valence-electron chi connectivity index (χ3n) is 4.07. The number of aromatic nitrogens is 5. The summed E-state index contributed by atoms with van der Waals surface area (Å²) in [4.78, 5) is 26.7. The zero-order valence-corrected chi connectivity index (χ0v) is 16.8. The second kappa shape index (κ2) is 9.29. The highest BCUT2D eigenvalue weighted by atomic mass is 19.4. The molecule has 166 valence electrons. The summed E-state index contributed by atoms with van der Waals surface area (Å²) in [5, 5.41) is 10.4. The number of imidazole rings is 1. The van der Waals surface area contributed by atoms with Crippen molar-refractivity contribution in [2.75, 3.05) is 12.4 Å². The summed E-state index contributed by atoms with van der Waals surface area (Å²) in [6.45, 7) is 0. The van der Waals surface area contributed by atoms with E-state index in [-0.39, 0.29) is 0 Å². The lowest BCUT2D eigenvalue weighted by Gasteiger charge is -2.09. The van der Waals surface area contributed by atoms with E-state index < -0.39 is 12.1 Å². The normalized spacial score (nSPS) is 10.9. The first-order chi connectivity index (χ1) is 15.2. The Labute approximate surface area is 179 Å². The highest BCUT2D eigenvalue weighted by molar-refractivity contribution is 5.87. The molecule has 3 aromatic heterocycles. The van der Waals surface area contributed by atoms with Gasteiger partial charge in [0, 0.05) is 30.7 Å². The molecule has 4 rings (SSSR count). The molecule has 0 aliphatic heterocycles. The first-order valence-corrected chi connectivity index (χ1v) is 8.99. The van der Waals surface area contributed by atoms with Crippen LogP contribution in [0.2, 0.25) is 0 Å². The number of aryl methyl sites for hydroxylation is 1. The van der Waals surface area contributed by atoms with E-state index in [1.54, 1.807) is 25.8 Å². The topological polar surface area (TPSA) is 115 Å². The first kappa shape index (κ1) is 22.5. The Morgan fingerprint density at radius 2 is 1.84 bits per heavy atom. The van der Waals surface area contributed by atoms with Gasteiger partial charge >= 0.3 is 12.1 Å². The third kappa shape index (κ3) is 5.28. The number of ether oxygens (including phenoxy) is 1. The molecule has 3 heterocycles. The molecule has 0 fully saturated rings. The second-order valence-electron chi connectivity index (χ2n) is 6.32. The number of halogens is 3. The number of pyridine rings is 1. The smallest absolute Gasteiger partial charge is 0.490 e. The number of carbonyl (C=O) groups is 1. The number of fused-ring (bicyclic) bond motifs is 1. The van der Waals surface area contributed by atoms with Crippen LogP contribution in [0.1, 0.15) is 0 Å². The fourth-order valence-corrected chi connectivity index (χ4v) is 2.56. The number of benzene rings is 1. The van der Waals surface area contributed by atoms with Crippen LogP contribution in [0.25, 0.3) is 22.6 Å². The number of hydrogen-bond acceptors (Lipinski definition) is 7. The van der Waals surface area contributed by atoms with Gasteiger partial charge in [-0.25, -0.2) is 19.7 Å². The molecule has 4 aromatic rings. The van der Waals surface area contributed by atoms with Crippen LogP contribution in [-0.2, 0) is 11.8 Å². The van der Waals surface area contributed by atoms with Gasteiger partial charge in [-0.3, -0.25) is 4.98 Å². The van der Waals surface area contributed by atoms with E-state index in [0.29, 0.717) is 17.2 Å². The third-order valence-corrected chi connectivity index (χ3v) is 4.07. The van der Waals surface area contributed by atoms with E-state index in [1.807, 2.05) is 48.0 Å². The lowest BCUT2D eigenvalue weighted by Crippen LogP contribution is -2.21. The van der Waals surface area contributed by atoms with Crippen LogP contribution in [0.15, 0.2) is 55.1 Å². The molecule has 0 saturated carbocycles. The minimum atomic E-state index is -5.08. The number of nitrogens with zero attached hydrogens (tertiary/aromatic N) is 5. The molecular weight excluding hydrogens is 429 g/mol. The minimum Gasteiger partial charge on any atom is -0.497 e. The summed E-state index contributed by atoms with van der Waals surface area (Å²) >= 11 is 0. The largest absolute Gasteiger partial charge is 0.497 e. The number of alkyl halides is 3. The van der Waals surface area contributed by atoms with E-state index >= 15 is 0 Å². The Morgan fingerprint density at radius 1 is 1.16 bits per heavy atom. The van der Waals surface area contributed by atoms with Crippen LogP contribution in [0.5, 0.6) is 5.75 Å². The Hall–Kier alpha value is -4.22. The van der Waals surface area contributed by atoms with Crippen molar-refractivity contribution in [1.29, 1.82) is 0 Å². The SMILES string of the molecule is COc1cccc(-c2nc(Nc3ccncc3)c3ncn(C)c3n2)c1.O=C(O)C(F)(F)F. The van der Waals surface area contributed by atoms with Gasteiger partial charge < -0.3 is 19.7 Å². The Balaban J connectivity index is 0.000000360. The molecule has 0 amide bonds. The molecule has 0 radical (unpaired) electrons. The number of carboxylic acids is 1. The number of methoxy groups -OCH3 is 1. The zero-order valence-electron chi connectivity index (χ0n) is 16.8. The summed E-state index contributed by atoms with van der Waals surface area (Å²) in [5.74, 6) is -0.747. The van der Waals surface area contributed by atoms with Crippen molar-refractivity contribution in [3.05, 3.63) is 55.1 Å². The molecule has 12 heteroatoms. The maximum Gasteiger partial charge on any atom is 0.490 e. The van der Waals surface area contributed by atoms with Crippen LogP contribution in [0.3, 0.4) is 0 Å². The summed E-state index contributed by atoms with van der Waals surface area (Å²) in [5.41, 5.74) is 3.23. The maximum absolute atomic E-state index is 10.6. The summed E-state index contributed by atoms with van der Waals surface area (Å²) in [6.07, 6.45) is 0.0939. The van der Waals surface area contributed by atoms with Gasteiger partial charge in [0.15, 0.2) is 22.8 Å². The lowest BCUT2D eigenvalue weighted by atomic mass is 10.2. The molecule has 2 N–H and O–H groups in total. The molecule has 0 aliphatic rings. The zero-order chi connectivity index (χ0) is 23.3. The molecule has 0 bridgehead atoms. The van der Waals surface area contributed by atoms with Gasteiger partial charge in [0.25, 0.3) is 0 Å². The number of anilines is 2. The summed E-state index contributed by atoms with van der Waals surface area (Å²) < 4.78 is 38.9. The van der Waals surface area contributed by atoms with Crippen molar-refractivity contribution >= 4 is 28.6 Å². The lowest BCUT2D eigenvalue weighted by molar-refractivity contribution is -0.192. The Bertz CT molecular complexity index is 1230. The van der Waals surface area contributed by atoms with E-state index in [2.05, 4.69) is 25.3 Å². The van der Waals surface area contributed by atoms with Crippen molar-refractivity contribution in [2.24, 2.45) is 7.05 Å². The maximum atomic E-state index is 10.6. The monoisotopic (exact) mass is 446 g/mol.